The van der Waals surface area contributed by atoms with Crippen LogP contribution < -0.4 is 0 Å². The minimum Gasteiger partial charge on any atom is -0.378 e. The second-order valence-electron chi connectivity index (χ2n) is 6.93. The molecule has 0 aliphatic carbocycles. The van der Waals surface area contributed by atoms with E-state index in [4.69, 9.17) is 9.47 Å². The number of hydrogen-bond acceptors (Lipinski definition) is 4. The minimum atomic E-state index is -4.18. The summed E-state index contributed by atoms with van der Waals surface area (Å²) >= 11 is 0. The third-order valence-corrected chi connectivity index (χ3v) is 4.42. The van der Waals surface area contributed by atoms with Gasteiger partial charge in [-0.15, -0.1) is 0 Å². The molecular formula is C16H28F6N2O2. The van der Waals surface area contributed by atoms with E-state index in [-0.39, 0.29) is 25.3 Å². The van der Waals surface area contributed by atoms with E-state index in [0.29, 0.717) is 26.3 Å². The van der Waals surface area contributed by atoms with E-state index in [0.717, 1.165) is 0 Å². The summed E-state index contributed by atoms with van der Waals surface area (Å²) in [5.41, 5.74) is 0. The fraction of sp³-hybridized carbons (Fsp3) is 1.00. The molecule has 10 heteroatoms. The van der Waals surface area contributed by atoms with Crippen molar-refractivity contribution in [2.75, 3.05) is 39.5 Å². The smallest absolute Gasteiger partial charge is 0.378 e. The van der Waals surface area contributed by atoms with Gasteiger partial charge in [-0.3, -0.25) is 9.80 Å². The van der Waals surface area contributed by atoms with Crippen molar-refractivity contribution in [1.29, 1.82) is 0 Å². The lowest BCUT2D eigenvalue weighted by atomic mass is 10.1. The van der Waals surface area contributed by atoms with Gasteiger partial charge in [-0.05, 0) is 27.7 Å². The van der Waals surface area contributed by atoms with E-state index in [1.54, 1.807) is 27.7 Å². The second-order valence-corrected chi connectivity index (χ2v) is 6.93. The lowest BCUT2D eigenvalue weighted by molar-refractivity contribution is -0.217. The molecule has 2 aliphatic heterocycles. The molecule has 2 rings (SSSR count). The Balaban J connectivity index is 0.000000260. The molecule has 0 spiro atoms. The Hall–Kier alpha value is -0.580. The second kappa shape index (κ2) is 9.57. The standard InChI is InChI=1S/2C8H14F3NO/c2*1-6(2)12-3-4-13-5-7(12)8(9,10)11/h2*6-7H,3-5H2,1-2H3/t2*7-/m10/s1. The maximum Gasteiger partial charge on any atom is 0.406 e. The Morgan fingerprint density at radius 2 is 1.00 bits per heavy atom. The van der Waals surface area contributed by atoms with Gasteiger partial charge in [-0.1, -0.05) is 0 Å². The summed E-state index contributed by atoms with van der Waals surface area (Å²) in [6.07, 6.45) is -8.35. The Kier molecular flexibility index (Phi) is 8.63. The molecule has 0 radical (unpaired) electrons. The summed E-state index contributed by atoms with van der Waals surface area (Å²) in [4.78, 5) is 2.87. The topological polar surface area (TPSA) is 24.9 Å². The van der Waals surface area contributed by atoms with Crippen LogP contribution in [0.4, 0.5) is 26.3 Å². The maximum atomic E-state index is 12.4. The quantitative estimate of drug-likeness (QED) is 0.671. The van der Waals surface area contributed by atoms with Gasteiger partial charge in [-0.25, -0.2) is 0 Å². The fourth-order valence-electron chi connectivity index (χ4n) is 3.03. The van der Waals surface area contributed by atoms with Gasteiger partial charge < -0.3 is 9.47 Å². The van der Waals surface area contributed by atoms with Gasteiger partial charge in [0.25, 0.3) is 0 Å². The van der Waals surface area contributed by atoms with E-state index in [9.17, 15) is 26.3 Å². The Bertz CT molecular complexity index is 377. The Labute approximate surface area is 150 Å². The normalized spacial score (nSPS) is 26.8. The summed E-state index contributed by atoms with van der Waals surface area (Å²) in [5, 5.41) is 0. The Morgan fingerprint density at radius 3 is 1.19 bits per heavy atom. The molecule has 0 saturated carbocycles. The van der Waals surface area contributed by atoms with Gasteiger partial charge in [-0.2, -0.15) is 26.3 Å². The molecule has 2 fully saturated rings. The van der Waals surface area contributed by atoms with E-state index in [1.165, 1.54) is 9.80 Å². The summed E-state index contributed by atoms with van der Waals surface area (Å²) < 4.78 is 84.2. The van der Waals surface area contributed by atoms with Gasteiger partial charge in [0.05, 0.1) is 26.4 Å². The molecule has 2 saturated heterocycles. The number of halogens is 6. The highest BCUT2D eigenvalue weighted by atomic mass is 19.4. The minimum absolute atomic E-state index is 0.0875. The van der Waals surface area contributed by atoms with Gasteiger partial charge in [0.15, 0.2) is 0 Å². The van der Waals surface area contributed by atoms with Crippen LogP contribution in [0.3, 0.4) is 0 Å². The SMILES string of the molecule is CC(C)N1CCOC[C@@H]1C(F)(F)F.CC(C)N1CCOC[C@H]1C(F)(F)F. The highest BCUT2D eigenvalue weighted by Crippen LogP contribution is 2.29. The largest absolute Gasteiger partial charge is 0.406 e. The number of nitrogens with zero attached hydrogens (tertiary/aromatic N) is 2. The molecule has 26 heavy (non-hydrogen) atoms. The third-order valence-electron chi connectivity index (χ3n) is 4.42. The van der Waals surface area contributed by atoms with Gasteiger partial charge in [0.1, 0.15) is 12.1 Å². The summed E-state index contributed by atoms with van der Waals surface area (Å²) in [6, 6.07) is -3.03. The molecular weight excluding hydrogens is 366 g/mol. The zero-order valence-corrected chi connectivity index (χ0v) is 15.5. The first kappa shape index (κ1) is 23.5. The number of rotatable bonds is 2. The number of hydrogen-bond donors (Lipinski definition) is 0. The predicted octanol–water partition coefficient (Wildman–Crippen LogP) is 3.32. The number of morpholine rings is 2. The molecule has 0 aromatic heterocycles. The molecule has 0 bridgehead atoms. The van der Waals surface area contributed by atoms with Crippen LogP contribution in [0.25, 0.3) is 0 Å². The van der Waals surface area contributed by atoms with E-state index in [2.05, 4.69) is 0 Å². The zero-order valence-electron chi connectivity index (χ0n) is 15.5. The van der Waals surface area contributed by atoms with Crippen molar-refractivity contribution < 1.29 is 35.8 Å². The predicted molar refractivity (Wildman–Crippen MR) is 85.0 cm³/mol. The molecule has 4 nitrogen and oxygen atoms in total. The maximum absolute atomic E-state index is 12.4. The van der Waals surface area contributed by atoms with Crippen LogP contribution in [0.5, 0.6) is 0 Å². The van der Waals surface area contributed by atoms with Gasteiger partial charge in [0.2, 0.25) is 0 Å². The van der Waals surface area contributed by atoms with Crippen molar-refractivity contribution in [3.63, 3.8) is 0 Å². The molecule has 0 unspecified atom stereocenters. The number of alkyl halides is 6. The molecule has 0 aromatic carbocycles. The van der Waals surface area contributed by atoms with Crippen molar-refractivity contribution in [3.8, 4) is 0 Å². The average molecular weight is 394 g/mol. The lowest BCUT2D eigenvalue weighted by Gasteiger charge is -2.39. The van der Waals surface area contributed by atoms with Crippen molar-refractivity contribution in [1.82, 2.24) is 9.80 Å². The lowest BCUT2D eigenvalue weighted by Crippen LogP contribution is -2.55. The highest BCUT2D eigenvalue weighted by Gasteiger charge is 2.46. The van der Waals surface area contributed by atoms with Crippen LogP contribution in [0, 0.1) is 0 Å². The van der Waals surface area contributed by atoms with Crippen LogP contribution in [-0.2, 0) is 9.47 Å². The van der Waals surface area contributed by atoms with E-state index in [1.807, 2.05) is 0 Å². The monoisotopic (exact) mass is 394 g/mol. The van der Waals surface area contributed by atoms with Gasteiger partial charge >= 0.3 is 12.4 Å². The molecule has 0 N–H and O–H groups in total. The van der Waals surface area contributed by atoms with Crippen LogP contribution >= 0.6 is 0 Å². The zero-order chi connectivity index (χ0) is 20.1. The summed E-state index contributed by atoms with van der Waals surface area (Å²) in [6.45, 7) is 8.12. The molecule has 2 atom stereocenters. The first-order valence-electron chi connectivity index (χ1n) is 8.66. The summed E-state index contributed by atoms with van der Waals surface area (Å²) in [7, 11) is 0. The van der Waals surface area contributed by atoms with Crippen LogP contribution in [0.2, 0.25) is 0 Å². The molecule has 2 aliphatic rings. The van der Waals surface area contributed by atoms with E-state index < -0.39 is 24.4 Å². The fourth-order valence-corrected chi connectivity index (χ4v) is 3.03. The van der Waals surface area contributed by atoms with Gasteiger partial charge in [0, 0.05) is 25.2 Å². The molecule has 156 valence electrons. The van der Waals surface area contributed by atoms with Crippen LogP contribution in [0.15, 0.2) is 0 Å². The average Bonchev–Trinajstić information content (AvgIpc) is 2.54. The van der Waals surface area contributed by atoms with Crippen LogP contribution in [0.1, 0.15) is 27.7 Å². The van der Waals surface area contributed by atoms with Crippen molar-refractivity contribution in [2.45, 2.75) is 64.2 Å². The van der Waals surface area contributed by atoms with Crippen molar-refractivity contribution >= 4 is 0 Å². The molecule has 0 aromatic rings. The molecule has 0 amide bonds. The Morgan fingerprint density at radius 1 is 0.692 bits per heavy atom. The molecule has 2 heterocycles. The number of ether oxygens (including phenoxy) is 2. The third kappa shape index (κ3) is 6.86. The highest BCUT2D eigenvalue weighted by molar-refractivity contribution is 4.84. The van der Waals surface area contributed by atoms with Crippen LogP contribution in [-0.4, -0.2) is 85.8 Å². The summed E-state index contributed by atoms with van der Waals surface area (Å²) in [5.74, 6) is 0. The first-order chi connectivity index (χ1) is 11.9. The van der Waals surface area contributed by atoms with E-state index >= 15 is 0 Å². The first-order valence-corrected chi connectivity index (χ1v) is 8.66. The van der Waals surface area contributed by atoms with Crippen molar-refractivity contribution in [3.05, 3.63) is 0 Å². The van der Waals surface area contributed by atoms with Crippen molar-refractivity contribution in [2.24, 2.45) is 0 Å².